The van der Waals surface area contributed by atoms with Crippen LogP contribution < -0.4 is 5.32 Å². The lowest BCUT2D eigenvalue weighted by molar-refractivity contribution is 0.120. The number of hydrogen-bond donors (Lipinski definition) is 1. The van der Waals surface area contributed by atoms with Gasteiger partial charge < -0.3 is 5.32 Å². The minimum Gasteiger partial charge on any atom is -0.311 e. The Morgan fingerprint density at radius 3 is 2.37 bits per heavy atom. The van der Waals surface area contributed by atoms with Crippen LogP contribution >= 0.6 is 0 Å². The summed E-state index contributed by atoms with van der Waals surface area (Å²) in [5.74, 6) is 0. The van der Waals surface area contributed by atoms with Gasteiger partial charge in [0.15, 0.2) is 0 Å². The minimum atomic E-state index is 0.743. The van der Waals surface area contributed by atoms with E-state index in [0.717, 1.165) is 12.1 Å². The second-order valence-corrected chi connectivity index (χ2v) is 6.22. The molecule has 0 radical (unpaired) electrons. The molecule has 1 rings (SSSR count). The van der Waals surface area contributed by atoms with Crippen molar-refractivity contribution in [2.24, 2.45) is 0 Å². The Bertz CT molecular complexity index is 205. The van der Waals surface area contributed by atoms with Crippen molar-refractivity contribution in [1.82, 2.24) is 10.2 Å². The van der Waals surface area contributed by atoms with Gasteiger partial charge in [-0.15, -0.1) is 0 Å². The zero-order valence-electron chi connectivity index (χ0n) is 13.6. The maximum Gasteiger partial charge on any atom is 0.0218 e. The van der Waals surface area contributed by atoms with Crippen LogP contribution in [0.25, 0.3) is 0 Å². The normalized spacial score (nSPS) is 24.8. The molecule has 2 nitrogen and oxygen atoms in total. The first-order valence-corrected chi connectivity index (χ1v) is 8.79. The van der Waals surface area contributed by atoms with E-state index in [0.29, 0.717) is 0 Å². The molecule has 1 aliphatic heterocycles. The van der Waals surface area contributed by atoms with Crippen LogP contribution in [-0.2, 0) is 0 Å². The van der Waals surface area contributed by atoms with Crippen molar-refractivity contribution in [3.05, 3.63) is 0 Å². The summed E-state index contributed by atoms with van der Waals surface area (Å²) in [5.41, 5.74) is 0. The van der Waals surface area contributed by atoms with Gasteiger partial charge in [0.2, 0.25) is 0 Å². The Kier molecular flexibility index (Phi) is 9.54. The summed E-state index contributed by atoms with van der Waals surface area (Å²) >= 11 is 0. The lowest BCUT2D eigenvalue weighted by Crippen LogP contribution is -2.56. The summed E-state index contributed by atoms with van der Waals surface area (Å²) in [7, 11) is 0. The van der Waals surface area contributed by atoms with E-state index in [9.17, 15) is 0 Å². The third kappa shape index (κ3) is 6.76. The van der Waals surface area contributed by atoms with Gasteiger partial charge in [0.1, 0.15) is 0 Å². The molecule has 0 aliphatic carbocycles. The van der Waals surface area contributed by atoms with E-state index >= 15 is 0 Å². The first kappa shape index (κ1) is 17.0. The summed E-state index contributed by atoms with van der Waals surface area (Å²) in [5, 5.41) is 3.73. The number of nitrogens with one attached hydrogen (secondary N) is 1. The van der Waals surface area contributed by atoms with Gasteiger partial charge in [-0.2, -0.15) is 0 Å². The van der Waals surface area contributed by atoms with Crippen molar-refractivity contribution in [3.63, 3.8) is 0 Å². The van der Waals surface area contributed by atoms with Crippen LogP contribution in [0.3, 0.4) is 0 Å². The summed E-state index contributed by atoms with van der Waals surface area (Å²) in [6, 6.07) is 1.52. The smallest absolute Gasteiger partial charge is 0.0218 e. The van der Waals surface area contributed by atoms with Crippen molar-refractivity contribution >= 4 is 0 Å². The summed E-state index contributed by atoms with van der Waals surface area (Å²) in [6.45, 7) is 10.7. The maximum atomic E-state index is 3.73. The molecule has 0 amide bonds. The van der Waals surface area contributed by atoms with Crippen molar-refractivity contribution in [2.75, 3.05) is 19.6 Å². The van der Waals surface area contributed by atoms with Gasteiger partial charge in [0.25, 0.3) is 0 Å². The maximum absolute atomic E-state index is 3.73. The molecular formula is C17H36N2. The van der Waals surface area contributed by atoms with E-state index in [4.69, 9.17) is 0 Å². The number of nitrogens with zero attached hydrogens (tertiary/aromatic N) is 1. The third-order valence-corrected chi connectivity index (χ3v) is 4.52. The van der Waals surface area contributed by atoms with Crippen LogP contribution in [0, 0.1) is 0 Å². The van der Waals surface area contributed by atoms with E-state index in [1.165, 1.54) is 77.4 Å². The Hall–Kier alpha value is -0.0800. The molecular weight excluding hydrogens is 232 g/mol. The van der Waals surface area contributed by atoms with Gasteiger partial charge in [-0.3, -0.25) is 4.90 Å². The molecule has 114 valence electrons. The van der Waals surface area contributed by atoms with Crippen LogP contribution in [0.5, 0.6) is 0 Å². The van der Waals surface area contributed by atoms with E-state index in [1.807, 2.05) is 0 Å². The predicted molar refractivity (Wildman–Crippen MR) is 85.7 cm³/mol. The van der Waals surface area contributed by atoms with Crippen molar-refractivity contribution in [1.29, 1.82) is 0 Å². The van der Waals surface area contributed by atoms with Crippen molar-refractivity contribution < 1.29 is 0 Å². The molecule has 2 heteroatoms. The van der Waals surface area contributed by atoms with Crippen molar-refractivity contribution in [3.8, 4) is 0 Å². The standard InChI is InChI=1S/C17H36N2/c1-4-7-8-9-10-11-13-19-15-16(12-5-2)18-14-17(19)6-3/h16-18H,4-15H2,1-3H3. The second-order valence-electron chi connectivity index (χ2n) is 6.22. The van der Waals surface area contributed by atoms with Gasteiger partial charge in [-0.1, -0.05) is 59.3 Å². The van der Waals surface area contributed by atoms with E-state index in [-0.39, 0.29) is 0 Å². The quantitative estimate of drug-likeness (QED) is 0.597. The lowest BCUT2D eigenvalue weighted by Gasteiger charge is -2.40. The van der Waals surface area contributed by atoms with Gasteiger partial charge in [0.05, 0.1) is 0 Å². The molecule has 1 saturated heterocycles. The largest absolute Gasteiger partial charge is 0.311 e. The monoisotopic (exact) mass is 268 g/mol. The first-order chi connectivity index (χ1) is 9.31. The Morgan fingerprint density at radius 2 is 1.68 bits per heavy atom. The van der Waals surface area contributed by atoms with E-state index in [1.54, 1.807) is 0 Å². The Labute approximate surface area is 121 Å². The highest BCUT2D eigenvalue weighted by Gasteiger charge is 2.25. The number of rotatable bonds is 10. The van der Waals surface area contributed by atoms with Crippen LogP contribution in [0.2, 0.25) is 0 Å². The Balaban J connectivity index is 2.19. The fourth-order valence-electron chi connectivity index (χ4n) is 3.24. The molecule has 2 atom stereocenters. The predicted octanol–water partition coefficient (Wildman–Crippen LogP) is 4.20. The second kappa shape index (κ2) is 10.7. The molecule has 0 bridgehead atoms. The summed E-state index contributed by atoms with van der Waals surface area (Å²) in [6.07, 6.45) is 12.4. The van der Waals surface area contributed by atoms with Crippen LogP contribution in [-0.4, -0.2) is 36.6 Å². The van der Waals surface area contributed by atoms with Gasteiger partial charge in [0, 0.05) is 25.2 Å². The lowest BCUT2D eigenvalue weighted by atomic mass is 10.0. The minimum absolute atomic E-state index is 0.743. The molecule has 2 unspecified atom stereocenters. The van der Waals surface area contributed by atoms with Crippen LogP contribution in [0.1, 0.15) is 78.6 Å². The number of piperazine rings is 1. The van der Waals surface area contributed by atoms with E-state index < -0.39 is 0 Å². The topological polar surface area (TPSA) is 15.3 Å². The summed E-state index contributed by atoms with van der Waals surface area (Å²) in [4.78, 5) is 2.76. The summed E-state index contributed by atoms with van der Waals surface area (Å²) < 4.78 is 0. The molecule has 0 aromatic carbocycles. The molecule has 0 spiro atoms. The fraction of sp³-hybridized carbons (Fsp3) is 1.00. The molecule has 1 fully saturated rings. The fourth-order valence-corrected chi connectivity index (χ4v) is 3.24. The molecule has 19 heavy (non-hydrogen) atoms. The molecule has 0 aromatic rings. The van der Waals surface area contributed by atoms with Gasteiger partial charge >= 0.3 is 0 Å². The van der Waals surface area contributed by atoms with Crippen LogP contribution in [0.4, 0.5) is 0 Å². The molecule has 0 saturated carbocycles. The number of unbranched alkanes of at least 4 members (excludes halogenated alkanes) is 5. The zero-order valence-corrected chi connectivity index (χ0v) is 13.6. The van der Waals surface area contributed by atoms with Crippen molar-refractivity contribution in [2.45, 2.75) is 90.6 Å². The highest BCUT2D eigenvalue weighted by molar-refractivity contribution is 4.85. The molecule has 1 heterocycles. The SMILES string of the molecule is CCCCCCCCN1CC(CCC)NCC1CC. The molecule has 1 N–H and O–H groups in total. The molecule has 0 aromatic heterocycles. The average molecular weight is 268 g/mol. The highest BCUT2D eigenvalue weighted by Crippen LogP contribution is 2.15. The molecule has 1 aliphatic rings. The highest BCUT2D eigenvalue weighted by atomic mass is 15.2. The van der Waals surface area contributed by atoms with E-state index in [2.05, 4.69) is 31.0 Å². The average Bonchev–Trinajstić information content (AvgIpc) is 2.43. The van der Waals surface area contributed by atoms with Gasteiger partial charge in [-0.05, 0) is 25.8 Å². The third-order valence-electron chi connectivity index (χ3n) is 4.52. The Morgan fingerprint density at radius 1 is 0.947 bits per heavy atom. The zero-order chi connectivity index (χ0) is 13.9. The number of hydrogen-bond acceptors (Lipinski definition) is 2. The van der Waals surface area contributed by atoms with Gasteiger partial charge in [-0.25, -0.2) is 0 Å². The van der Waals surface area contributed by atoms with Crippen LogP contribution in [0.15, 0.2) is 0 Å². The first-order valence-electron chi connectivity index (χ1n) is 8.79.